The third kappa shape index (κ3) is 4.78. The molecule has 142 valence electrons. The molecule has 0 unspecified atom stereocenters. The number of hydrogen-bond donors (Lipinski definition) is 0. The third-order valence-electron chi connectivity index (χ3n) is 4.95. The molecular weight excluding hydrogens is 348 g/mol. The van der Waals surface area contributed by atoms with Gasteiger partial charge in [0.05, 0.1) is 11.4 Å². The van der Waals surface area contributed by atoms with Crippen LogP contribution in [0.5, 0.6) is 0 Å². The molecule has 0 saturated heterocycles. The summed E-state index contributed by atoms with van der Waals surface area (Å²) >= 11 is 1.74. The van der Waals surface area contributed by atoms with Gasteiger partial charge in [-0.05, 0) is 55.4 Å². The zero-order chi connectivity index (χ0) is 19.4. The molecule has 3 heteroatoms. The van der Waals surface area contributed by atoms with Crippen molar-refractivity contribution in [3.05, 3.63) is 69.3 Å². The Kier molecular flexibility index (Phi) is 6.33. The highest BCUT2D eigenvalue weighted by molar-refractivity contribution is 7.07. The predicted octanol–water partition coefficient (Wildman–Crippen LogP) is 6.67. The first kappa shape index (κ1) is 19.6. The van der Waals surface area contributed by atoms with Crippen molar-refractivity contribution in [2.45, 2.75) is 54.0 Å². The van der Waals surface area contributed by atoms with E-state index in [2.05, 4.69) is 87.0 Å². The second kappa shape index (κ2) is 8.71. The van der Waals surface area contributed by atoms with Crippen molar-refractivity contribution in [3.63, 3.8) is 0 Å². The largest absolute Gasteiger partial charge is 0.316 e. The minimum atomic E-state index is 0.668. The van der Waals surface area contributed by atoms with E-state index < -0.39 is 0 Å². The normalized spacial score (nSPS) is 12.1. The zero-order valence-electron chi connectivity index (χ0n) is 17.1. The molecule has 0 aliphatic heterocycles. The SMILES string of the molecule is CCc1ccc(-c2csc(=Nc3ccc(C)cc3C)n2CCC(C)C)cc1. The van der Waals surface area contributed by atoms with E-state index in [0.29, 0.717) is 5.92 Å². The van der Waals surface area contributed by atoms with E-state index in [0.717, 1.165) is 29.9 Å². The molecule has 0 aliphatic rings. The molecule has 3 aromatic rings. The first-order chi connectivity index (χ1) is 13.0. The maximum atomic E-state index is 5.02. The average molecular weight is 379 g/mol. The van der Waals surface area contributed by atoms with Crippen LogP contribution < -0.4 is 4.80 Å². The van der Waals surface area contributed by atoms with Crippen molar-refractivity contribution in [1.29, 1.82) is 0 Å². The average Bonchev–Trinajstić information content (AvgIpc) is 3.05. The lowest BCUT2D eigenvalue weighted by Crippen LogP contribution is -2.17. The van der Waals surface area contributed by atoms with Crippen molar-refractivity contribution < 1.29 is 0 Å². The molecule has 3 rings (SSSR count). The van der Waals surface area contributed by atoms with Gasteiger partial charge < -0.3 is 4.57 Å². The molecule has 27 heavy (non-hydrogen) atoms. The topological polar surface area (TPSA) is 17.3 Å². The molecule has 0 spiro atoms. The smallest absolute Gasteiger partial charge is 0.190 e. The van der Waals surface area contributed by atoms with Crippen molar-refractivity contribution >= 4 is 17.0 Å². The molecule has 0 fully saturated rings. The molecule has 0 radical (unpaired) electrons. The number of benzene rings is 2. The quantitative estimate of drug-likeness (QED) is 0.455. The van der Waals surface area contributed by atoms with E-state index in [1.165, 1.54) is 27.9 Å². The van der Waals surface area contributed by atoms with Crippen LogP contribution in [0, 0.1) is 19.8 Å². The fourth-order valence-corrected chi connectivity index (χ4v) is 4.15. The number of hydrogen-bond acceptors (Lipinski definition) is 2. The Bertz CT molecular complexity index is 959. The summed E-state index contributed by atoms with van der Waals surface area (Å²) in [4.78, 5) is 6.10. The van der Waals surface area contributed by atoms with E-state index in [9.17, 15) is 0 Å². The Morgan fingerprint density at radius 3 is 2.41 bits per heavy atom. The second-order valence-corrected chi connectivity index (χ2v) is 8.53. The Hall–Kier alpha value is -2.13. The summed E-state index contributed by atoms with van der Waals surface area (Å²) in [6.07, 6.45) is 2.22. The van der Waals surface area contributed by atoms with Crippen molar-refractivity contribution in [2.75, 3.05) is 0 Å². The van der Waals surface area contributed by atoms with Gasteiger partial charge >= 0.3 is 0 Å². The van der Waals surface area contributed by atoms with E-state index in [4.69, 9.17) is 4.99 Å². The summed E-state index contributed by atoms with van der Waals surface area (Å²) in [6, 6.07) is 15.4. The number of nitrogens with zero attached hydrogens (tertiary/aromatic N) is 2. The lowest BCUT2D eigenvalue weighted by atomic mass is 10.1. The summed E-state index contributed by atoms with van der Waals surface area (Å²) in [5, 5.41) is 2.25. The summed E-state index contributed by atoms with van der Waals surface area (Å²) in [5.74, 6) is 0.668. The Morgan fingerprint density at radius 1 is 1.04 bits per heavy atom. The predicted molar refractivity (Wildman–Crippen MR) is 118 cm³/mol. The van der Waals surface area contributed by atoms with Gasteiger partial charge in [-0.25, -0.2) is 4.99 Å². The molecule has 0 bridgehead atoms. The first-order valence-corrected chi connectivity index (χ1v) is 10.8. The van der Waals surface area contributed by atoms with Gasteiger partial charge in [-0.2, -0.15) is 0 Å². The number of aryl methyl sites for hydroxylation is 3. The van der Waals surface area contributed by atoms with Gasteiger partial charge in [-0.15, -0.1) is 11.3 Å². The van der Waals surface area contributed by atoms with Crippen LogP contribution in [0.3, 0.4) is 0 Å². The molecule has 0 N–H and O–H groups in total. The summed E-state index contributed by atoms with van der Waals surface area (Å²) < 4.78 is 2.39. The van der Waals surface area contributed by atoms with Crippen LogP contribution in [0.4, 0.5) is 5.69 Å². The molecule has 0 saturated carbocycles. The number of aromatic nitrogens is 1. The molecule has 1 aromatic heterocycles. The van der Waals surface area contributed by atoms with E-state index in [-0.39, 0.29) is 0 Å². The highest BCUT2D eigenvalue weighted by atomic mass is 32.1. The highest BCUT2D eigenvalue weighted by Gasteiger charge is 2.10. The Labute approximate surface area is 167 Å². The minimum Gasteiger partial charge on any atom is -0.316 e. The fourth-order valence-electron chi connectivity index (χ4n) is 3.20. The summed E-state index contributed by atoms with van der Waals surface area (Å²) in [5.41, 5.74) is 7.49. The summed E-state index contributed by atoms with van der Waals surface area (Å²) in [7, 11) is 0. The maximum Gasteiger partial charge on any atom is 0.190 e. The lowest BCUT2D eigenvalue weighted by Gasteiger charge is -2.11. The van der Waals surface area contributed by atoms with Crippen molar-refractivity contribution in [1.82, 2.24) is 4.57 Å². The molecular formula is C24H30N2S. The highest BCUT2D eigenvalue weighted by Crippen LogP contribution is 2.24. The van der Waals surface area contributed by atoms with Crippen LogP contribution in [-0.2, 0) is 13.0 Å². The fraction of sp³-hybridized carbons (Fsp3) is 0.375. The van der Waals surface area contributed by atoms with Gasteiger partial charge in [0, 0.05) is 11.9 Å². The minimum absolute atomic E-state index is 0.668. The van der Waals surface area contributed by atoms with Gasteiger partial charge in [0.15, 0.2) is 4.80 Å². The maximum absolute atomic E-state index is 5.02. The summed E-state index contributed by atoms with van der Waals surface area (Å²) in [6.45, 7) is 12.0. The van der Waals surface area contributed by atoms with Gasteiger partial charge in [0.1, 0.15) is 0 Å². The molecule has 1 heterocycles. The van der Waals surface area contributed by atoms with E-state index in [1.807, 2.05) is 0 Å². The number of thiazole rings is 1. The molecule has 0 amide bonds. The van der Waals surface area contributed by atoms with Crippen LogP contribution >= 0.6 is 11.3 Å². The van der Waals surface area contributed by atoms with E-state index in [1.54, 1.807) is 11.3 Å². The van der Waals surface area contributed by atoms with Crippen LogP contribution in [0.1, 0.15) is 43.9 Å². The standard InChI is InChI=1S/C24H30N2S/c1-6-20-8-10-21(11-9-20)23-16-27-24(26(23)14-13-17(2)3)25-22-12-7-18(4)15-19(22)5/h7-12,15-17H,6,13-14H2,1-5H3. The molecule has 0 aliphatic carbocycles. The van der Waals surface area contributed by atoms with Gasteiger partial charge in [-0.3, -0.25) is 0 Å². The number of rotatable bonds is 6. The van der Waals surface area contributed by atoms with Gasteiger partial charge in [0.25, 0.3) is 0 Å². The zero-order valence-corrected chi connectivity index (χ0v) is 17.9. The monoisotopic (exact) mass is 378 g/mol. The van der Waals surface area contributed by atoms with E-state index >= 15 is 0 Å². The van der Waals surface area contributed by atoms with Crippen LogP contribution in [0.25, 0.3) is 11.3 Å². The molecule has 2 nitrogen and oxygen atoms in total. The van der Waals surface area contributed by atoms with Crippen LogP contribution in [-0.4, -0.2) is 4.57 Å². The third-order valence-corrected chi connectivity index (χ3v) is 5.82. The van der Waals surface area contributed by atoms with Crippen LogP contribution in [0.15, 0.2) is 52.8 Å². The van der Waals surface area contributed by atoms with Gasteiger partial charge in [-0.1, -0.05) is 62.7 Å². The lowest BCUT2D eigenvalue weighted by molar-refractivity contribution is 0.513. The van der Waals surface area contributed by atoms with Crippen LogP contribution in [0.2, 0.25) is 0 Å². The molecule has 0 atom stereocenters. The molecule has 2 aromatic carbocycles. The van der Waals surface area contributed by atoms with Crippen molar-refractivity contribution in [3.8, 4) is 11.3 Å². The second-order valence-electron chi connectivity index (χ2n) is 7.69. The Morgan fingerprint density at radius 2 is 1.78 bits per heavy atom. The van der Waals surface area contributed by atoms with Crippen molar-refractivity contribution in [2.24, 2.45) is 10.9 Å². The Balaban J connectivity index is 2.08. The van der Waals surface area contributed by atoms with Gasteiger partial charge in [0.2, 0.25) is 0 Å². The first-order valence-electron chi connectivity index (χ1n) is 9.87.